The molecule has 0 aromatic heterocycles. The Morgan fingerprint density at radius 2 is 2.16 bits per heavy atom. The Balaban J connectivity index is 1.48. The van der Waals surface area contributed by atoms with Crippen LogP contribution in [-0.4, -0.2) is 48.5 Å². The molecule has 1 spiro atoms. The van der Waals surface area contributed by atoms with Crippen LogP contribution in [0.3, 0.4) is 0 Å². The number of hydrogen-bond acceptors (Lipinski definition) is 4. The fourth-order valence-corrected chi connectivity index (χ4v) is 4.87. The summed E-state index contributed by atoms with van der Waals surface area (Å²) in [5.74, 6) is 1.29. The van der Waals surface area contributed by atoms with Crippen LogP contribution in [0.4, 0.5) is 0 Å². The number of nitrogens with one attached hydrogen (secondary N) is 1. The number of aliphatic imine (C=N–C) groups is 1. The zero-order valence-electron chi connectivity index (χ0n) is 12.2. The molecule has 1 aliphatic carbocycles. The van der Waals surface area contributed by atoms with Crippen molar-refractivity contribution >= 4 is 16.9 Å². The third-order valence-corrected chi connectivity index (χ3v) is 6.45. The van der Waals surface area contributed by atoms with Crippen LogP contribution in [0.25, 0.3) is 0 Å². The van der Waals surface area contributed by atoms with Gasteiger partial charge in [-0.15, -0.1) is 0 Å². The Morgan fingerprint density at radius 3 is 2.79 bits per heavy atom. The van der Waals surface area contributed by atoms with E-state index in [0.29, 0.717) is 11.5 Å². The van der Waals surface area contributed by atoms with E-state index < -0.39 is 0 Å². The molecule has 0 bridgehead atoms. The standard InChI is InChI=1S/C15H27N3S/c1-18-9-5-6-13(18)10-16-14-17-11-15(12-19-14)7-3-2-4-8-15/h13H,2-12H2,1H3,(H,16,17). The van der Waals surface area contributed by atoms with E-state index in [1.54, 1.807) is 0 Å². The van der Waals surface area contributed by atoms with Crippen molar-refractivity contribution in [1.82, 2.24) is 10.2 Å². The molecule has 2 aliphatic heterocycles. The average Bonchev–Trinajstić information content (AvgIpc) is 2.85. The van der Waals surface area contributed by atoms with Crippen LogP contribution in [0.15, 0.2) is 4.99 Å². The second-order valence-electron chi connectivity index (χ2n) is 6.63. The highest BCUT2D eigenvalue weighted by Crippen LogP contribution is 2.41. The van der Waals surface area contributed by atoms with Crippen molar-refractivity contribution in [2.45, 2.75) is 51.0 Å². The van der Waals surface area contributed by atoms with Gasteiger partial charge in [0, 0.05) is 24.9 Å². The predicted octanol–water partition coefficient (Wildman–Crippen LogP) is 2.72. The fourth-order valence-electron chi connectivity index (χ4n) is 3.71. The summed E-state index contributed by atoms with van der Waals surface area (Å²) in [6, 6.07) is 0.717. The predicted molar refractivity (Wildman–Crippen MR) is 83.9 cm³/mol. The molecule has 1 N–H and O–H groups in total. The van der Waals surface area contributed by atoms with Gasteiger partial charge in [0.1, 0.15) is 0 Å². The van der Waals surface area contributed by atoms with Crippen LogP contribution in [0.1, 0.15) is 44.9 Å². The van der Waals surface area contributed by atoms with Crippen LogP contribution >= 0.6 is 11.8 Å². The van der Waals surface area contributed by atoms with Crippen molar-refractivity contribution in [1.29, 1.82) is 0 Å². The van der Waals surface area contributed by atoms with Crippen molar-refractivity contribution in [3.8, 4) is 0 Å². The summed E-state index contributed by atoms with van der Waals surface area (Å²) in [5.41, 5.74) is 0.554. The van der Waals surface area contributed by atoms with Gasteiger partial charge in [0.25, 0.3) is 0 Å². The lowest BCUT2D eigenvalue weighted by Crippen LogP contribution is -2.41. The summed E-state index contributed by atoms with van der Waals surface area (Å²) in [6.45, 7) is 3.41. The number of likely N-dealkylation sites (N-methyl/N-ethyl adjacent to an activating group) is 1. The number of rotatable bonds is 2. The van der Waals surface area contributed by atoms with Crippen molar-refractivity contribution < 1.29 is 0 Å². The number of hydrogen-bond donors (Lipinski definition) is 1. The highest BCUT2D eigenvalue weighted by Gasteiger charge is 2.35. The third-order valence-electron chi connectivity index (χ3n) is 5.15. The molecule has 1 atom stereocenters. The van der Waals surface area contributed by atoms with Crippen molar-refractivity contribution in [2.75, 3.05) is 32.4 Å². The largest absolute Gasteiger partial charge is 0.363 e. The van der Waals surface area contributed by atoms with Crippen molar-refractivity contribution in [2.24, 2.45) is 10.4 Å². The molecule has 1 saturated carbocycles. The maximum absolute atomic E-state index is 4.84. The monoisotopic (exact) mass is 281 g/mol. The van der Waals surface area contributed by atoms with Gasteiger partial charge in [0.15, 0.2) is 5.17 Å². The van der Waals surface area contributed by atoms with E-state index in [0.717, 1.165) is 13.1 Å². The van der Waals surface area contributed by atoms with E-state index in [1.165, 1.54) is 62.4 Å². The van der Waals surface area contributed by atoms with E-state index in [2.05, 4.69) is 17.3 Å². The first-order chi connectivity index (χ1) is 9.27. The summed E-state index contributed by atoms with van der Waals surface area (Å²) in [5, 5.41) is 4.79. The molecule has 108 valence electrons. The first-order valence-corrected chi connectivity index (χ1v) is 8.87. The Labute approximate surface area is 121 Å². The molecule has 4 heteroatoms. The Bertz CT molecular complexity index is 336. The van der Waals surface area contributed by atoms with Gasteiger partial charge in [-0.05, 0) is 44.7 Å². The van der Waals surface area contributed by atoms with E-state index >= 15 is 0 Å². The summed E-state index contributed by atoms with van der Waals surface area (Å²) in [6.07, 6.45) is 9.79. The molecule has 3 nitrogen and oxygen atoms in total. The van der Waals surface area contributed by atoms with Crippen LogP contribution in [0.2, 0.25) is 0 Å². The van der Waals surface area contributed by atoms with Crippen LogP contribution < -0.4 is 5.32 Å². The van der Waals surface area contributed by atoms with Crippen molar-refractivity contribution in [3.63, 3.8) is 0 Å². The quantitative estimate of drug-likeness (QED) is 0.843. The van der Waals surface area contributed by atoms with Gasteiger partial charge in [0.05, 0.1) is 0 Å². The molecular formula is C15H27N3S. The van der Waals surface area contributed by atoms with E-state index in [9.17, 15) is 0 Å². The van der Waals surface area contributed by atoms with Gasteiger partial charge in [-0.2, -0.15) is 0 Å². The minimum absolute atomic E-state index is 0.554. The number of amidine groups is 1. The summed E-state index contributed by atoms with van der Waals surface area (Å²) in [4.78, 5) is 7.32. The maximum atomic E-state index is 4.84. The van der Waals surface area contributed by atoms with Crippen LogP contribution in [0, 0.1) is 5.41 Å². The Morgan fingerprint density at radius 1 is 1.32 bits per heavy atom. The fraction of sp³-hybridized carbons (Fsp3) is 0.933. The molecule has 2 heterocycles. The summed E-state index contributed by atoms with van der Waals surface area (Å²) in [7, 11) is 2.24. The normalized spacial score (nSPS) is 31.4. The third kappa shape index (κ3) is 3.27. The lowest BCUT2D eigenvalue weighted by molar-refractivity contribution is 0.232. The van der Waals surface area contributed by atoms with Crippen LogP contribution in [-0.2, 0) is 0 Å². The molecule has 0 radical (unpaired) electrons. The molecular weight excluding hydrogens is 254 g/mol. The van der Waals surface area contributed by atoms with Gasteiger partial charge in [-0.25, -0.2) is 0 Å². The number of nitrogens with zero attached hydrogens (tertiary/aromatic N) is 2. The van der Waals surface area contributed by atoms with Crippen molar-refractivity contribution in [3.05, 3.63) is 0 Å². The van der Waals surface area contributed by atoms with Gasteiger partial charge < -0.3 is 10.2 Å². The topological polar surface area (TPSA) is 27.6 Å². The van der Waals surface area contributed by atoms with Crippen LogP contribution in [0.5, 0.6) is 0 Å². The SMILES string of the molecule is CN1CCCC1CNC1=NCC2(CCCCC2)CS1. The minimum atomic E-state index is 0.554. The second-order valence-corrected chi connectivity index (χ2v) is 7.59. The molecule has 0 aromatic carbocycles. The average molecular weight is 281 g/mol. The minimum Gasteiger partial charge on any atom is -0.363 e. The molecule has 1 saturated heterocycles. The van der Waals surface area contributed by atoms with E-state index in [-0.39, 0.29) is 0 Å². The zero-order chi connectivity index (χ0) is 13.1. The lowest BCUT2D eigenvalue weighted by atomic mass is 9.75. The Kier molecular flexibility index (Phi) is 4.37. The van der Waals surface area contributed by atoms with Gasteiger partial charge in [0.2, 0.25) is 0 Å². The molecule has 3 rings (SSSR count). The molecule has 0 aromatic rings. The molecule has 19 heavy (non-hydrogen) atoms. The highest BCUT2D eigenvalue weighted by atomic mass is 32.2. The van der Waals surface area contributed by atoms with E-state index in [1.807, 2.05) is 11.8 Å². The highest BCUT2D eigenvalue weighted by molar-refractivity contribution is 8.13. The molecule has 2 fully saturated rings. The van der Waals surface area contributed by atoms with Gasteiger partial charge >= 0.3 is 0 Å². The molecule has 3 aliphatic rings. The van der Waals surface area contributed by atoms with E-state index in [4.69, 9.17) is 4.99 Å². The first kappa shape index (κ1) is 13.7. The number of likely N-dealkylation sites (tertiary alicyclic amines) is 1. The lowest BCUT2D eigenvalue weighted by Gasteiger charge is -2.38. The Hall–Kier alpha value is -0.220. The number of thioether (sulfide) groups is 1. The zero-order valence-corrected chi connectivity index (χ0v) is 13.0. The first-order valence-electron chi connectivity index (χ1n) is 7.89. The molecule has 0 amide bonds. The van der Waals surface area contributed by atoms with Gasteiger partial charge in [-0.3, -0.25) is 4.99 Å². The van der Waals surface area contributed by atoms with Gasteiger partial charge in [-0.1, -0.05) is 31.0 Å². The molecule has 1 unspecified atom stereocenters. The summed E-state index contributed by atoms with van der Waals surface area (Å²) >= 11 is 1.97. The smallest absolute Gasteiger partial charge is 0.156 e. The second kappa shape index (κ2) is 6.04. The summed E-state index contributed by atoms with van der Waals surface area (Å²) < 4.78 is 0. The maximum Gasteiger partial charge on any atom is 0.156 e.